The highest BCUT2D eigenvalue weighted by molar-refractivity contribution is 5.84. The molecule has 0 N–H and O–H groups in total. The van der Waals surface area contributed by atoms with Gasteiger partial charge in [-0.1, -0.05) is 44.6 Å². The van der Waals surface area contributed by atoms with Crippen molar-refractivity contribution in [1.29, 1.82) is 0 Å². The first-order valence-electron chi connectivity index (χ1n) is 12.1. The summed E-state index contributed by atoms with van der Waals surface area (Å²) >= 11 is 0. The van der Waals surface area contributed by atoms with E-state index in [2.05, 4.69) is 9.88 Å². The van der Waals surface area contributed by atoms with Crippen LogP contribution in [0, 0.1) is 5.82 Å². The number of nitrogens with zero attached hydrogens (tertiary/aromatic N) is 4. The number of hydrogen-bond acceptors (Lipinski definition) is 3. The largest absolute Gasteiger partial charge is 0.335 e. The summed E-state index contributed by atoms with van der Waals surface area (Å²) in [6, 6.07) is 10.9. The van der Waals surface area contributed by atoms with Gasteiger partial charge < -0.3 is 9.47 Å². The second kappa shape index (κ2) is 9.39. The summed E-state index contributed by atoms with van der Waals surface area (Å²) in [6.45, 7) is 0.166. The van der Waals surface area contributed by atoms with Crippen molar-refractivity contribution < 1.29 is 9.18 Å². The van der Waals surface area contributed by atoms with Crippen molar-refractivity contribution >= 4 is 16.9 Å². The van der Waals surface area contributed by atoms with Crippen LogP contribution in [-0.2, 0) is 11.3 Å². The zero-order valence-corrected chi connectivity index (χ0v) is 18.5. The van der Waals surface area contributed by atoms with Crippen molar-refractivity contribution in [2.45, 2.75) is 82.8 Å². The van der Waals surface area contributed by atoms with Gasteiger partial charge >= 0.3 is 0 Å². The van der Waals surface area contributed by atoms with Crippen LogP contribution in [0.3, 0.4) is 0 Å². The lowest BCUT2D eigenvalue weighted by molar-refractivity contribution is -0.138. The molecule has 6 heteroatoms. The Hall–Kier alpha value is -2.76. The van der Waals surface area contributed by atoms with Gasteiger partial charge in [-0.05, 0) is 56.0 Å². The Kier molecular flexibility index (Phi) is 6.19. The fourth-order valence-corrected chi connectivity index (χ4v) is 5.59. The molecular weight excluding hydrogens is 403 g/mol. The summed E-state index contributed by atoms with van der Waals surface area (Å²) in [6.07, 6.45) is 13.4. The summed E-state index contributed by atoms with van der Waals surface area (Å²) < 4.78 is 16.0. The molecule has 2 saturated carbocycles. The van der Waals surface area contributed by atoms with E-state index in [0.717, 1.165) is 25.7 Å². The molecule has 0 radical (unpaired) electrons. The minimum atomic E-state index is -0.324. The lowest BCUT2D eigenvalue weighted by Gasteiger charge is -2.42. The molecule has 2 aromatic heterocycles. The van der Waals surface area contributed by atoms with Crippen molar-refractivity contribution in [3.8, 4) is 11.5 Å². The molecule has 0 aliphatic heterocycles. The molecule has 2 fully saturated rings. The van der Waals surface area contributed by atoms with E-state index in [1.165, 1.54) is 50.7 Å². The Morgan fingerprint density at radius 3 is 2.28 bits per heavy atom. The van der Waals surface area contributed by atoms with Crippen LogP contribution in [0.5, 0.6) is 0 Å². The average molecular weight is 435 g/mol. The van der Waals surface area contributed by atoms with E-state index < -0.39 is 0 Å². The number of carbonyl (C=O) groups excluding carboxylic acids is 1. The van der Waals surface area contributed by atoms with Crippen LogP contribution >= 0.6 is 0 Å². The molecule has 1 amide bonds. The molecule has 2 aliphatic rings. The normalized spacial score (nSPS) is 18.2. The third-order valence-electron chi connectivity index (χ3n) is 7.12. The van der Waals surface area contributed by atoms with Gasteiger partial charge in [0.15, 0.2) is 5.82 Å². The van der Waals surface area contributed by atoms with E-state index in [1.54, 1.807) is 12.3 Å². The van der Waals surface area contributed by atoms with E-state index in [0.29, 0.717) is 34.6 Å². The van der Waals surface area contributed by atoms with E-state index in [-0.39, 0.29) is 18.3 Å². The highest BCUT2D eigenvalue weighted by Crippen LogP contribution is 2.31. The van der Waals surface area contributed by atoms with Gasteiger partial charge in [0.1, 0.15) is 18.1 Å². The second-order valence-electron chi connectivity index (χ2n) is 9.25. The fraction of sp³-hybridized carbons (Fsp3) is 0.500. The maximum atomic E-state index is 14.2. The van der Waals surface area contributed by atoms with E-state index in [9.17, 15) is 9.18 Å². The van der Waals surface area contributed by atoms with Crippen LogP contribution in [0.1, 0.15) is 64.2 Å². The summed E-state index contributed by atoms with van der Waals surface area (Å²) in [7, 11) is 0. The van der Waals surface area contributed by atoms with Crippen LogP contribution < -0.4 is 0 Å². The molecule has 0 spiro atoms. The molecule has 32 heavy (non-hydrogen) atoms. The summed E-state index contributed by atoms with van der Waals surface area (Å²) in [4.78, 5) is 25.3. The van der Waals surface area contributed by atoms with E-state index >= 15 is 0 Å². The van der Waals surface area contributed by atoms with Crippen LogP contribution in [0.15, 0.2) is 42.6 Å². The summed E-state index contributed by atoms with van der Waals surface area (Å²) in [5.74, 6) is 0.423. The number of fused-ring (bicyclic) bond motifs is 1. The molecule has 1 aromatic carbocycles. The number of amides is 1. The molecule has 3 aromatic rings. The first-order valence-corrected chi connectivity index (χ1v) is 12.1. The molecule has 168 valence electrons. The topological polar surface area (TPSA) is 51.0 Å². The molecule has 0 unspecified atom stereocenters. The van der Waals surface area contributed by atoms with Crippen molar-refractivity contribution in [2.75, 3.05) is 0 Å². The first kappa shape index (κ1) is 21.1. The maximum Gasteiger partial charge on any atom is 0.243 e. The first-order chi connectivity index (χ1) is 15.7. The Bertz CT molecular complexity index is 1050. The Morgan fingerprint density at radius 2 is 1.66 bits per heavy atom. The van der Waals surface area contributed by atoms with Crippen LogP contribution in [-0.4, -0.2) is 37.4 Å². The molecule has 5 nitrogen and oxygen atoms in total. The summed E-state index contributed by atoms with van der Waals surface area (Å²) in [5, 5.41) is 0. The molecule has 5 rings (SSSR count). The third kappa shape index (κ3) is 4.27. The molecule has 0 bridgehead atoms. The number of imidazole rings is 1. The fourth-order valence-electron chi connectivity index (χ4n) is 5.59. The Balaban J connectivity index is 1.52. The van der Waals surface area contributed by atoms with Crippen molar-refractivity contribution in [2.24, 2.45) is 0 Å². The Morgan fingerprint density at radius 1 is 0.969 bits per heavy atom. The quantitative estimate of drug-likeness (QED) is 0.515. The molecule has 0 atom stereocenters. The highest BCUT2D eigenvalue weighted by Gasteiger charge is 2.33. The lowest BCUT2D eigenvalue weighted by atomic mass is 9.88. The van der Waals surface area contributed by atoms with Crippen LogP contribution in [0.2, 0.25) is 0 Å². The number of rotatable bonds is 5. The smallest absolute Gasteiger partial charge is 0.243 e. The van der Waals surface area contributed by atoms with Gasteiger partial charge in [-0.3, -0.25) is 9.78 Å². The minimum absolute atomic E-state index is 0.129. The van der Waals surface area contributed by atoms with Gasteiger partial charge in [-0.2, -0.15) is 0 Å². The second-order valence-corrected chi connectivity index (χ2v) is 9.25. The molecular formula is C26H31FN4O. The SMILES string of the molecule is O=C(Cn1c(-c2ccccn2)nc2ccc(F)cc21)N(C1CCCCC1)C1CCCCC1. The van der Waals surface area contributed by atoms with E-state index in [4.69, 9.17) is 4.98 Å². The molecule has 2 aliphatic carbocycles. The zero-order valence-electron chi connectivity index (χ0n) is 18.5. The van der Waals surface area contributed by atoms with Crippen molar-refractivity contribution in [3.05, 3.63) is 48.4 Å². The van der Waals surface area contributed by atoms with Crippen LogP contribution in [0.25, 0.3) is 22.6 Å². The lowest BCUT2D eigenvalue weighted by Crippen LogP contribution is -2.50. The van der Waals surface area contributed by atoms with Gasteiger partial charge in [0, 0.05) is 18.3 Å². The Labute approximate surface area is 188 Å². The predicted molar refractivity (Wildman–Crippen MR) is 124 cm³/mol. The minimum Gasteiger partial charge on any atom is -0.335 e. The number of carbonyl (C=O) groups is 1. The zero-order chi connectivity index (χ0) is 21.9. The van der Waals surface area contributed by atoms with Gasteiger partial charge in [-0.15, -0.1) is 0 Å². The summed E-state index contributed by atoms with van der Waals surface area (Å²) in [5.41, 5.74) is 2.02. The number of halogens is 1. The van der Waals surface area contributed by atoms with Crippen LogP contribution in [0.4, 0.5) is 4.39 Å². The monoisotopic (exact) mass is 434 g/mol. The average Bonchev–Trinajstić information content (AvgIpc) is 3.18. The number of hydrogen-bond donors (Lipinski definition) is 0. The highest BCUT2D eigenvalue weighted by atomic mass is 19.1. The van der Waals surface area contributed by atoms with Gasteiger partial charge in [0.25, 0.3) is 0 Å². The standard InChI is InChI=1S/C26H31FN4O/c27-19-14-15-22-24(17-19)30(26(29-22)23-13-7-8-16-28-23)18-25(32)31(20-9-3-1-4-10-20)21-11-5-2-6-12-21/h7-8,13-17,20-21H,1-6,9-12,18H2. The molecule has 2 heterocycles. The number of aromatic nitrogens is 3. The third-order valence-corrected chi connectivity index (χ3v) is 7.12. The number of pyridine rings is 1. The van der Waals surface area contributed by atoms with Gasteiger partial charge in [-0.25, -0.2) is 9.37 Å². The van der Waals surface area contributed by atoms with Gasteiger partial charge in [0.05, 0.1) is 11.0 Å². The van der Waals surface area contributed by atoms with Crippen molar-refractivity contribution in [3.63, 3.8) is 0 Å². The van der Waals surface area contributed by atoms with Gasteiger partial charge in [0.2, 0.25) is 5.91 Å². The van der Waals surface area contributed by atoms with E-state index in [1.807, 2.05) is 22.8 Å². The maximum absolute atomic E-state index is 14.2. The van der Waals surface area contributed by atoms with Crippen molar-refractivity contribution in [1.82, 2.24) is 19.4 Å². The number of benzene rings is 1. The molecule has 0 saturated heterocycles. The predicted octanol–water partition coefficient (Wildman–Crippen LogP) is 5.73.